The lowest BCUT2D eigenvalue weighted by Gasteiger charge is -2.14. The second-order valence-electron chi connectivity index (χ2n) is 7.76. The van der Waals surface area contributed by atoms with E-state index in [-0.39, 0.29) is 5.56 Å². The summed E-state index contributed by atoms with van der Waals surface area (Å²) in [6.45, 7) is 4.83. The third-order valence-corrected chi connectivity index (χ3v) is 7.80. The molecule has 0 N–H and O–H groups in total. The Morgan fingerprint density at radius 3 is 2.67 bits per heavy atom. The number of nitrogens with zero attached hydrogens (tertiary/aromatic N) is 2. The minimum absolute atomic E-state index is 0.0830. The first-order valence-corrected chi connectivity index (χ1v) is 13.0. The second-order valence-corrected chi connectivity index (χ2v) is 9.91. The number of hydrogen-bond acceptors (Lipinski definition) is 5. The fourth-order valence-electron chi connectivity index (χ4n) is 4.06. The third-order valence-electron chi connectivity index (χ3n) is 5.59. The molecular weight excluding hydrogens is 412 g/mol. The summed E-state index contributed by atoms with van der Waals surface area (Å²) >= 11 is 3.44. The Labute approximate surface area is 186 Å². The van der Waals surface area contributed by atoms with Crippen LogP contribution in [-0.2, 0) is 12.8 Å². The average Bonchev–Trinajstić information content (AvgIpc) is 3.13. The van der Waals surface area contributed by atoms with Crippen LogP contribution in [0.25, 0.3) is 15.9 Å². The van der Waals surface area contributed by atoms with Gasteiger partial charge in [-0.1, -0.05) is 37.9 Å². The molecule has 0 bridgehead atoms. The fourth-order valence-corrected chi connectivity index (χ4v) is 6.38. The van der Waals surface area contributed by atoms with Gasteiger partial charge in [0.15, 0.2) is 5.16 Å². The molecule has 30 heavy (non-hydrogen) atoms. The van der Waals surface area contributed by atoms with E-state index in [2.05, 4.69) is 6.92 Å². The van der Waals surface area contributed by atoms with E-state index in [1.54, 1.807) is 23.1 Å². The zero-order valence-corrected chi connectivity index (χ0v) is 19.5. The topological polar surface area (TPSA) is 44.1 Å². The zero-order valence-electron chi connectivity index (χ0n) is 17.9. The van der Waals surface area contributed by atoms with Crippen molar-refractivity contribution in [2.75, 3.05) is 12.4 Å². The van der Waals surface area contributed by atoms with Crippen LogP contribution in [0, 0.1) is 0 Å². The van der Waals surface area contributed by atoms with Gasteiger partial charge >= 0.3 is 0 Å². The Morgan fingerprint density at radius 1 is 1.10 bits per heavy atom. The molecular formula is C24H30N2O2S2. The van der Waals surface area contributed by atoms with Gasteiger partial charge in [-0.25, -0.2) is 4.98 Å². The normalized spacial score (nSPS) is 13.5. The van der Waals surface area contributed by atoms with Crippen LogP contribution in [0.2, 0.25) is 0 Å². The first kappa shape index (κ1) is 21.4. The van der Waals surface area contributed by atoms with E-state index < -0.39 is 0 Å². The number of aromatic nitrogens is 2. The molecule has 0 unspecified atom stereocenters. The lowest BCUT2D eigenvalue weighted by atomic mass is 9.97. The Hall–Kier alpha value is -1.79. The van der Waals surface area contributed by atoms with Gasteiger partial charge in [-0.2, -0.15) is 0 Å². The third kappa shape index (κ3) is 4.45. The Morgan fingerprint density at radius 2 is 1.90 bits per heavy atom. The molecule has 1 aliphatic rings. The van der Waals surface area contributed by atoms with Crippen LogP contribution in [-0.4, -0.2) is 21.9 Å². The van der Waals surface area contributed by atoms with E-state index >= 15 is 0 Å². The molecule has 1 aliphatic carbocycles. The van der Waals surface area contributed by atoms with Crippen molar-refractivity contribution in [2.24, 2.45) is 0 Å². The lowest BCUT2D eigenvalue weighted by molar-refractivity contribution is 0.340. The summed E-state index contributed by atoms with van der Waals surface area (Å²) in [6, 6.07) is 7.82. The van der Waals surface area contributed by atoms with E-state index in [9.17, 15) is 4.79 Å². The number of rotatable bonds is 9. The first-order valence-electron chi connectivity index (χ1n) is 11.2. The summed E-state index contributed by atoms with van der Waals surface area (Å²) < 4.78 is 7.41. The highest BCUT2D eigenvalue weighted by molar-refractivity contribution is 7.99. The van der Waals surface area contributed by atoms with Crippen molar-refractivity contribution < 1.29 is 4.74 Å². The van der Waals surface area contributed by atoms with Crippen LogP contribution < -0.4 is 10.3 Å². The molecule has 3 aromatic rings. The van der Waals surface area contributed by atoms with E-state index in [1.807, 2.05) is 35.8 Å². The predicted octanol–water partition coefficient (Wildman–Crippen LogP) is 6.40. The molecule has 0 atom stereocenters. The Balaban J connectivity index is 1.76. The van der Waals surface area contributed by atoms with Gasteiger partial charge in [0.1, 0.15) is 10.6 Å². The van der Waals surface area contributed by atoms with Gasteiger partial charge in [0.25, 0.3) is 5.56 Å². The van der Waals surface area contributed by atoms with Gasteiger partial charge in [0.2, 0.25) is 0 Å². The molecule has 0 radical (unpaired) electrons. The summed E-state index contributed by atoms with van der Waals surface area (Å²) in [5.74, 6) is 1.81. The number of aryl methyl sites for hydroxylation is 2. The molecule has 0 fully saturated rings. The molecule has 0 amide bonds. The highest BCUT2D eigenvalue weighted by atomic mass is 32.2. The van der Waals surface area contributed by atoms with Gasteiger partial charge in [-0.15, -0.1) is 11.3 Å². The van der Waals surface area contributed by atoms with Crippen LogP contribution in [0.3, 0.4) is 0 Å². The number of unbranched alkanes of at least 4 members (excludes halogenated alkanes) is 3. The maximum absolute atomic E-state index is 13.7. The molecule has 2 aromatic heterocycles. The molecule has 4 nitrogen and oxygen atoms in total. The Bertz CT molecular complexity index is 1050. The zero-order chi connectivity index (χ0) is 20.9. The molecule has 0 saturated carbocycles. The van der Waals surface area contributed by atoms with Crippen molar-refractivity contribution in [3.63, 3.8) is 0 Å². The van der Waals surface area contributed by atoms with Crippen molar-refractivity contribution in [3.8, 4) is 11.4 Å². The molecule has 1 aromatic carbocycles. The summed E-state index contributed by atoms with van der Waals surface area (Å²) in [7, 11) is 0. The minimum atomic E-state index is 0.0830. The van der Waals surface area contributed by atoms with E-state index in [4.69, 9.17) is 9.72 Å². The van der Waals surface area contributed by atoms with Crippen molar-refractivity contribution in [1.82, 2.24) is 9.55 Å². The highest BCUT2D eigenvalue weighted by Gasteiger charge is 2.22. The van der Waals surface area contributed by atoms with E-state index in [1.165, 1.54) is 36.1 Å². The van der Waals surface area contributed by atoms with E-state index in [0.717, 1.165) is 58.2 Å². The Kier molecular flexibility index (Phi) is 7.16. The molecule has 0 aliphatic heterocycles. The number of fused-ring (bicyclic) bond motifs is 3. The number of benzene rings is 1. The SMILES string of the molecule is CCCCCCSc1nc2sc3c(c2c(=O)n1-c1ccc(OCC)cc1)CCCC3. The molecule has 6 heteroatoms. The molecule has 0 spiro atoms. The smallest absolute Gasteiger partial charge is 0.267 e. The van der Waals surface area contributed by atoms with Crippen molar-refractivity contribution in [3.05, 3.63) is 45.1 Å². The number of hydrogen-bond donors (Lipinski definition) is 0. The van der Waals surface area contributed by atoms with Crippen molar-refractivity contribution >= 4 is 33.3 Å². The van der Waals surface area contributed by atoms with Crippen LogP contribution in [0.5, 0.6) is 5.75 Å². The van der Waals surface area contributed by atoms with Crippen LogP contribution in [0.4, 0.5) is 0 Å². The number of ether oxygens (including phenoxy) is 1. The number of thioether (sulfide) groups is 1. The molecule has 2 heterocycles. The number of thiophene rings is 1. The van der Waals surface area contributed by atoms with Gasteiger partial charge in [-0.05, 0) is 68.9 Å². The van der Waals surface area contributed by atoms with Crippen LogP contribution in [0.15, 0.2) is 34.2 Å². The predicted molar refractivity (Wildman–Crippen MR) is 128 cm³/mol. The first-order chi connectivity index (χ1) is 14.7. The average molecular weight is 443 g/mol. The monoisotopic (exact) mass is 442 g/mol. The highest BCUT2D eigenvalue weighted by Crippen LogP contribution is 2.35. The summed E-state index contributed by atoms with van der Waals surface area (Å²) in [6.07, 6.45) is 9.32. The summed E-state index contributed by atoms with van der Waals surface area (Å²) in [4.78, 5) is 21.0. The minimum Gasteiger partial charge on any atom is -0.494 e. The van der Waals surface area contributed by atoms with Crippen molar-refractivity contribution in [1.29, 1.82) is 0 Å². The molecule has 0 saturated heterocycles. The summed E-state index contributed by atoms with van der Waals surface area (Å²) in [5.41, 5.74) is 2.20. The summed E-state index contributed by atoms with van der Waals surface area (Å²) in [5, 5.41) is 1.66. The maximum atomic E-state index is 13.7. The fraction of sp³-hybridized carbons (Fsp3) is 0.500. The quantitative estimate of drug-likeness (QED) is 0.219. The van der Waals surface area contributed by atoms with Gasteiger partial charge in [-0.3, -0.25) is 9.36 Å². The molecule has 4 rings (SSSR count). The second kappa shape index (κ2) is 10.0. The largest absolute Gasteiger partial charge is 0.494 e. The van der Waals surface area contributed by atoms with E-state index in [0.29, 0.717) is 6.61 Å². The van der Waals surface area contributed by atoms with Gasteiger partial charge in [0, 0.05) is 10.6 Å². The van der Waals surface area contributed by atoms with Gasteiger partial charge in [0.05, 0.1) is 17.7 Å². The van der Waals surface area contributed by atoms with Crippen LogP contribution in [0.1, 0.15) is 62.8 Å². The maximum Gasteiger partial charge on any atom is 0.267 e. The van der Waals surface area contributed by atoms with Gasteiger partial charge < -0.3 is 4.74 Å². The lowest BCUT2D eigenvalue weighted by Crippen LogP contribution is -2.22. The standard InChI is InChI=1S/C24H30N2O2S2/c1-3-5-6-9-16-29-24-25-22-21(19-10-7-8-11-20(19)30-22)23(27)26(24)17-12-14-18(15-13-17)28-4-2/h12-15H,3-11,16H2,1-2H3. The van der Waals surface area contributed by atoms with Crippen molar-refractivity contribution in [2.45, 2.75) is 70.4 Å². The molecule has 160 valence electrons. The van der Waals surface area contributed by atoms with Crippen LogP contribution >= 0.6 is 23.1 Å².